The standard InChI is InChI=1S/C11H17N3OS/c1-7(8-3-2-4-8)13-11(15)9-6-16-10(5-12)14-9/h6-8H,2-5,12H2,1H3,(H,13,15). The van der Waals surface area contributed by atoms with Crippen LogP contribution in [0.25, 0.3) is 0 Å². The molecule has 88 valence electrons. The number of hydrogen-bond acceptors (Lipinski definition) is 4. The van der Waals surface area contributed by atoms with Crippen molar-refractivity contribution in [3.8, 4) is 0 Å². The van der Waals surface area contributed by atoms with Gasteiger partial charge in [-0.3, -0.25) is 4.79 Å². The SMILES string of the molecule is CC(NC(=O)c1csc(CN)n1)C1CCC1. The zero-order valence-corrected chi connectivity index (χ0v) is 10.2. The highest BCUT2D eigenvalue weighted by Crippen LogP contribution is 2.29. The fourth-order valence-electron chi connectivity index (χ4n) is 1.85. The third kappa shape index (κ3) is 2.41. The topological polar surface area (TPSA) is 68.0 Å². The molecule has 1 fully saturated rings. The summed E-state index contributed by atoms with van der Waals surface area (Å²) in [5.41, 5.74) is 5.96. The molecule has 1 aromatic heterocycles. The largest absolute Gasteiger partial charge is 0.348 e. The van der Waals surface area contributed by atoms with E-state index >= 15 is 0 Å². The predicted octanol–water partition coefficient (Wildman–Crippen LogP) is 1.52. The van der Waals surface area contributed by atoms with Gasteiger partial charge >= 0.3 is 0 Å². The van der Waals surface area contributed by atoms with Crippen LogP contribution in [0.2, 0.25) is 0 Å². The smallest absolute Gasteiger partial charge is 0.270 e. The normalized spacial score (nSPS) is 17.9. The van der Waals surface area contributed by atoms with E-state index in [1.807, 2.05) is 0 Å². The highest BCUT2D eigenvalue weighted by molar-refractivity contribution is 7.09. The predicted molar refractivity (Wildman–Crippen MR) is 64.3 cm³/mol. The molecule has 1 saturated carbocycles. The van der Waals surface area contributed by atoms with Gasteiger partial charge in [0, 0.05) is 18.0 Å². The molecule has 3 N–H and O–H groups in total. The molecule has 0 saturated heterocycles. The molecule has 1 unspecified atom stereocenters. The number of thiazole rings is 1. The minimum absolute atomic E-state index is 0.0738. The Hall–Kier alpha value is -0.940. The molecule has 4 nitrogen and oxygen atoms in total. The van der Waals surface area contributed by atoms with E-state index in [0.29, 0.717) is 18.2 Å². The van der Waals surface area contributed by atoms with Crippen LogP contribution in [-0.4, -0.2) is 16.9 Å². The van der Waals surface area contributed by atoms with Gasteiger partial charge in [-0.25, -0.2) is 4.98 Å². The first kappa shape index (κ1) is 11.5. The number of nitrogens with two attached hydrogens (primary N) is 1. The Morgan fingerprint density at radius 1 is 1.75 bits per heavy atom. The molecule has 1 aliphatic carbocycles. The Labute approximate surface area is 99.3 Å². The zero-order chi connectivity index (χ0) is 11.5. The van der Waals surface area contributed by atoms with Crippen molar-refractivity contribution in [3.63, 3.8) is 0 Å². The van der Waals surface area contributed by atoms with E-state index in [0.717, 1.165) is 5.01 Å². The number of amides is 1. The number of carbonyl (C=O) groups is 1. The van der Waals surface area contributed by atoms with Gasteiger partial charge in [-0.15, -0.1) is 11.3 Å². The first-order valence-electron chi connectivity index (χ1n) is 5.66. The average molecular weight is 239 g/mol. The molecule has 0 spiro atoms. The average Bonchev–Trinajstić information content (AvgIpc) is 2.62. The molecule has 16 heavy (non-hydrogen) atoms. The van der Waals surface area contributed by atoms with Gasteiger partial charge in [0.1, 0.15) is 10.7 Å². The number of aromatic nitrogens is 1. The molecular weight excluding hydrogens is 222 g/mol. The fraction of sp³-hybridized carbons (Fsp3) is 0.636. The Kier molecular flexibility index (Phi) is 3.56. The summed E-state index contributed by atoms with van der Waals surface area (Å²) in [5.74, 6) is 0.576. The maximum Gasteiger partial charge on any atom is 0.270 e. The summed E-state index contributed by atoms with van der Waals surface area (Å²) in [4.78, 5) is 16.0. The Morgan fingerprint density at radius 2 is 2.50 bits per heavy atom. The molecule has 0 bridgehead atoms. The highest BCUT2D eigenvalue weighted by atomic mass is 32.1. The quantitative estimate of drug-likeness (QED) is 0.837. The van der Waals surface area contributed by atoms with E-state index in [4.69, 9.17) is 5.73 Å². The molecule has 0 aliphatic heterocycles. The van der Waals surface area contributed by atoms with Gasteiger partial charge in [0.2, 0.25) is 0 Å². The maximum absolute atomic E-state index is 11.8. The van der Waals surface area contributed by atoms with Gasteiger partial charge in [-0.2, -0.15) is 0 Å². The van der Waals surface area contributed by atoms with E-state index in [2.05, 4.69) is 17.2 Å². The third-order valence-electron chi connectivity index (χ3n) is 3.17. The van der Waals surface area contributed by atoms with E-state index < -0.39 is 0 Å². The van der Waals surface area contributed by atoms with Crippen molar-refractivity contribution in [1.29, 1.82) is 0 Å². The second-order valence-electron chi connectivity index (χ2n) is 4.28. The maximum atomic E-state index is 11.8. The molecule has 1 aliphatic rings. The van der Waals surface area contributed by atoms with Crippen molar-refractivity contribution in [2.45, 2.75) is 38.8 Å². The highest BCUT2D eigenvalue weighted by Gasteiger charge is 2.25. The molecular formula is C11H17N3OS. The summed E-state index contributed by atoms with van der Waals surface area (Å²) in [7, 11) is 0. The summed E-state index contributed by atoms with van der Waals surface area (Å²) in [5, 5.41) is 5.58. The molecule has 0 radical (unpaired) electrons. The van der Waals surface area contributed by atoms with Crippen LogP contribution in [0.1, 0.15) is 41.7 Å². The number of carbonyl (C=O) groups excluding carboxylic acids is 1. The van der Waals surface area contributed by atoms with Gasteiger partial charge in [-0.1, -0.05) is 6.42 Å². The Morgan fingerprint density at radius 3 is 3.00 bits per heavy atom. The van der Waals surface area contributed by atoms with Gasteiger partial charge in [0.05, 0.1) is 0 Å². The fourth-order valence-corrected chi connectivity index (χ4v) is 2.50. The van der Waals surface area contributed by atoms with Crippen molar-refractivity contribution >= 4 is 17.2 Å². The number of nitrogens with zero attached hydrogens (tertiary/aromatic N) is 1. The van der Waals surface area contributed by atoms with Crippen molar-refractivity contribution in [1.82, 2.24) is 10.3 Å². The van der Waals surface area contributed by atoms with Crippen LogP contribution in [0.15, 0.2) is 5.38 Å². The van der Waals surface area contributed by atoms with Crippen LogP contribution in [0, 0.1) is 5.92 Å². The first-order valence-corrected chi connectivity index (χ1v) is 6.54. The number of nitrogens with one attached hydrogen (secondary N) is 1. The summed E-state index contributed by atoms with van der Waals surface area (Å²) < 4.78 is 0. The number of rotatable bonds is 4. The van der Waals surface area contributed by atoms with Crippen molar-refractivity contribution in [2.24, 2.45) is 11.7 Å². The van der Waals surface area contributed by atoms with Crippen molar-refractivity contribution < 1.29 is 4.79 Å². The molecule has 1 atom stereocenters. The lowest BCUT2D eigenvalue weighted by Gasteiger charge is -2.31. The minimum Gasteiger partial charge on any atom is -0.348 e. The van der Waals surface area contributed by atoms with Gasteiger partial charge in [0.15, 0.2) is 0 Å². The Balaban J connectivity index is 1.91. The summed E-state index contributed by atoms with van der Waals surface area (Å²) in [6.45, 7) is 2.47. The monoisotopic (exact) mass is 239 g/mol. The third-order valence-corrected chi connectivity index (χ3v) is 4.05. The van der Waals surface area contributed by atoms with Crippen molar-refractivity contribution in [2.75, 3.05) is 0 Å². The lowest BCUT2D eigenvalue weighted by Crippen LogP contribution is -2.40. The Bertz CT molecular complexity index is 373. The summed E-state index contributed by atoms with van der Waals surface area (Å²) in [6.07, 6.45) is 3.75. The second kappa shape index (κ2) is 4.93. The molecule has 2 rings (SSSR count). The second-order valence-corrected chi connectivity index (χ2v) is 5.23. The summed E-state index contributed by atoms with van der Waals surface area (Å²) in [6, 6.07) is 0.254. The van der Waals surface area contributed by atoms with Crippen LogP contribution < -0.4 is 11.1 Å². The van der Waals surface area contributed by atoms with E-state index in [1.54, 1.807) is 5.38 Å². The van der Waals surface area contributed by atoms with Crippen LogP contribution in [0.4, 0.5) is 0 Å². The van der Waals surface area contributed by atoms with Crippen LogP contribution in [0.3, 0.4) is 0 Å². The van der Waals surface area contributed by atoms with Gasteiger partial charge < -0.3 is 11.1 Å². The van der Waals surface area contributed by atoms with Crippen LogP contribution in [-0.2, 0) is 6.54 Å². The van der Waals surface area contributed by atoms with Gasteiger partial charge in [-0.05, 0) is 25.7 Å². The van der Waals surface area contributed by atoms with Crippen LogP contribution in [0.5, 0.6) is 0 Å². The minimum atomic E-state index is -0.0738. The molecule has 1 amide bonds. The molecule has 1 heterocycles. The van der Waals surface area contributed by atoms with Crippen molar-refractivity contribution in [3.05, 3.63) is 16.1 Å². The van der Waals surface area contributed by atoms with E-state index in [-0.39, 0.29) is 11.9 Å². The first-order chi connectivity index (χ1) is 7.70. The van der Waals surface area contributed by atoms with Gasteiger partial charge in [0.25, 0.3) is 5.91 Å². The summed E-state index contributed by atoms with van der Waals surface area (Å²) >= 11 is 1.44. The molecule has 0 aromatic carbocycles. The number of hydrogen-bond donors (Lipinski definition) is 2. The van der Waals surface area contributed by atoms with E-state index in [9.17, 15) is 4.79 Å². The molecule has 1 aromatic rings. The van der Waals surface area contributed by atoms with E-state index in [1.165, 1.54) is 30.6 Å². The lowest BCUT2D eigenvalue weighted by atomic mass is 9.80. The van der Waals surface area contributed by atoms with Crippen LogP contribution >= 0.6 is 11.3 Å². The lowest BCUT2D eigenvalue weighted by molar-refractivity contribution is 0.0904. The zero-order valence-electron chi connectivity index (χ0n) is 9.40. The molecule has 5 heteroatoms.